The van der Waals surface area contributed by atoms with Crippen LogP contribution in [0.4, 0.5) is 0 Å². The van der Waals surface area contributed by atoms with Gasteiger partial charge in [-0.25, -0.2) is 0 Å². The van der Waals surface area contributed by atoms with Gasteiger partial charge in [-0.3, -0.25) is 9.36 Å². The summed E-state index contributed by atoms with van der Waals surface area (Å²) in [6, 6.07) is 0. The van der Waals surface area contributed by atoms with Crippen LogP contribution in [-0.4, -0.2) is 9.55 Å². The zero-order chi connectivity index (χ0) is 14.4. The molecule has 0 saturated heterocycles. The van der Waals surface area contributed by atoms with Crippen LogP contribution in [0.2, 0.25) is 0 Å². The predicted molar refractivity (Wildman–Crippen MR) is 87.2 cm³/mol. The number of allylic oxidation sites excluding steroid dienone is 3. The van der Waals surface area contributed by atoms with Crippen LogP contribution in [0.5, 0.6) is 0 Å². The molecule has 0 amide bonds. The molecule has 100 valence electrons. The summed E-state index contributed by atoms with van der Waals surface area (Å²) in [5, 5.41) is 2.84. The van der Waals surface area contributed by atoms with E-state index in [1.807, 2.05) is 0 Å². The molecule has 0 aliphatic carbocycles. The lowest BCUT2D eigenvalue weighted by atomic mass is 10.3. The van der Waals surface area contributed by atoms with E-state index in [-0.39, 0.29) is 5.56 Å². The van der Waals surface area contributed by atoms with Gasteiger partial charge in [-0.05, 0) is 36.2 Å². The molecule has 0 spiro atoms. The van der Waals surface area contributed by atoms with Gasteiger partial charge < -0.3 is 4.98 Å². The van der Waals surface area contributed by atoms with Gasteiger partial charge in [-0.1, -0.05) is 31.4 Å². The molecule has 19 heavy (non-hydrogen) atoms. The summed E-state index contributed by atoms with van der Waals surface area (Å²) in [6.07, 6.45) is 6.73. The van der Waals surface area contributed by atoms with E-state index < -0.39 is 0 Å². The second-order valence-corrected chi connectivity index (χ2v) is 4.39. The Kier molecular flexibility index (Phi) is 5.79. The van der Waals surface area contributed by atoms with E-state index in [4.69, 9.17) is 12.2 Å². The van der Waals surface area contributed by atoms with E-state index in [2.05, 4.69) is 30.8 Å². The predicted octanol–water partition coefficient (Wildman–Crippen LogP) is 1.67. The zero-order valence-electron chi connectivity index (χ0n) is 10.7. The Hall–Kier alpha value is -1.59. The maximum Gasteiger partial charge on any atom is 0.262 e. The maximum atomic E-state index is 12.4. The first-order valence-electron chi connectivity index (χ1n) is 5.67. The first-order valence-corrected chi connectivity index (χ1v) is 6.59. The van der Waals surface area contributed by atoms with Crippen molar-refractivity contribution in [3.05, 3.63) is 62.0 Å². The Labute approximate surface area is 122 Å². The first kappa shape index (κ1) is 15.5. The fourth-order valence-electron chi connectivity index (χ4n) is 1.62. The summed E-state index contributed by atoms with van der Waals surface area (Å²) in [6.45, 7) is 9.45. The number of H-pyrrole nitrogens is 1. The van der Waals surface area contributed by atoms with Crippen molar-refractivity contribution in [3.8, 4) is 0 Å². The van der Waals surface area contributed by atoms with Crippen molar-refractivity contribution < 1.29 is 0 Å². The highest BCUT2D eigenvalue weighted by molar-refractivity contribution is 7.83. The molecule has 0 bridgehead atoms. The summed E-state index contributed by atoms with van der Waals surface area (Å²) < 4.78 is 1.84. The molecule has 0 aliphatic rings. The molecular weight excluding hydrogens is 276 g/mol. The normalized spacial score (nSPS) is 13.7. The number of hydrogen-bond donors (Lipinski definition) is 2. The van der Waals surface area contributed by atoms with E-state index >= 15 is 0 Å². The highest BCUT2D eigenvalue weighted by Crippen LogP contribution is 2.00. The lowest BCUT2D eigenvalue weighted by Gasteiger charge is -2.06. The molecule has 1 N–H and O–H groups in total. The number of nitrogens with zero attached hydrogens (tertiary/aromatic N) is 1. The average molecular weight is 292 g/mol. The molecule has 0 radical (unpaired) electrons. The van der Waals surface area contributed by atoms with Gasteiger partial charge >= 0.3 is 0 Å². The monoisotopic (exact) mass is 292 g/mol. The van der Waals surface area contributed by atoms with Gasteiger partial charge in [0.1, 0.15) is 0 Å². The van der Waals surface area contributed by atoms with E-state index in [9.17, 15) is 4.79 Å². The van der Waals surface area contributed by atoms with Crippen molar-refractivity contribution in [3.63, 3.8) is 0 Å². The molecule has 0 aliphatic heterocycles. The minimum absolute atomic E-state index is 0.145. The van der Waals surface area contributed by atoms with Crippen molar-refractivity contribution in [1.29, 1.82) is 0 Å². The Morgan fingerprint density at radius 1 is 1.53 bits per heavy atom. The van der Waals surface area contributed by atoms with Gasteiger partial charge in [0.05, 0.1) is 17.1 Å². The van der Waals surface area contributed by atoms with E-state index in [0.29, 0.717) is 21.9 Å². The quantitative estimate of drug-likeness (QED) is 0.503. The number of rotatable bonds is 4. The Bertz CT molecular complexity index is 751. The number of hydrogen-bond acceptors (Lipinski definition) is 3. The van der Waals surface area contributed by atoms with E-state index in [1.54, 1.807) is 36.6 Å². The second-order valence-electron chi connectivity index (χ2n) is 3.75. The van der Waals surface area contributed by atoms with Crippen molar-refractivity contribution >= 4 is 37.0 Å². The maximum absolute atomic E-state index is 12.4. The topological polar surface area (TPSA) is 37.8 Å². The van der Waals surface area contributed by atoms with Crippen LogP contribution >= 0.6 is 24.8 Å². The summed E-state index contributed by atoms with van der Waals surface area (Å²) in [7, 11) is 0. The Morgan fingerprint density at radius 2 is 2.21 bits per heavy atom. The summed E-state index contributed by atoms with van der Waals surface area (Å²) in [5.41, 5.74) is 0.668. The third-order valence-corrected chi connectivity index (χ3v) is 3.25. The first-order chi connectivity index (χ1) is 9.08. The SMILES string of the molecule is C=C/C=c1/[nH]c(=S)n(C/C(C=C)=C/S)c(=O)/c1=C/C. The minimum atomic E-state index is -0.145. The molecule has 0 fully saturated rings. The summed E-state index contributed by atoms with van der Waals surface area (Å²) >= 11 is 9.29. The van der Waals surface area contributed by atoms with Crippen molar-refractivity contribution in [2.24, 2.45) is 0 Å². The van der Waals surface area contributed by atoms with Gasteiger partial charge in [-0.2, -0.15) is 12.6 Å². The van der Waals surface area contributed by atoms with Crippen LogP contribution in [0.3, 0.4) is 0 Å². The third kappa shape index (κ3) is 3.45. The number of aromatic nitrogens is 2. The van der Waals surface area contributed by atoms with Gasteiger partial charge in [-0.15, -0.1) is 0 Å². The van der Waals surface area contributed by atoms with Crippen molar-refractivity contribution in [2.75, 3.05) is 0 Å². The minimum Gasteiger partial charge on any atom is -0.332 e. The van der Waals surface area contributed by atoms with Crippen LogP contribution in [-0.2, 0) is 6.54 Å². The zero-order valence-corrected chi connectivity index (χ0v) is 12.4. The number of thiol groups is 1. The molecule has 1 rings (SSSR count). The van der Waals surface area contributed by atoms with Gasteiger partial charge in [0.15, 0.2) is 4.77 Å². The molecule has 0 aromatic carbocycles. The van der Waals surface area contributed by atoms with Gasteiger partial charge in [0.25, 0.3) is 5.56 Å². The molecule has 1 aromatic heterocycles. The van der Waals surface area contributed by atoms with E-state index in [1.165, 1.54) is 4.57 Å². The van der Waals surface area contributed by atoms with Crippen LogP contribution in [0.1, 0.15) is 6.92 Å². The number of nitrogens with one attached hydrogen (secondary N) is 1. The molecule has 0 atom stereocenters. The Balaban J connectivity index is 3.68. The molecule has 5 heteroatoms. The molecule has 3 nitrogen and oxygen atoms in total. The van der Waals surface area contributed by atoms with E-state index in [0.717, 1.165) is 5.57 Å². The van der Waals surface area contributed by atoms with Gasteiger partial charge in [0, 0.05) is 0 Å². The lowest BCUT2D eigenvalue weighted by Crippen LogP contribution is -2.47. The molecule has 1 heterocycles. The highest BCUT2D eigenvalue weighted by Gasteiger charge is 2.03. The van der Waals surface area contributed by atoms with Crippen molar-refractivity contribution in [2.45, 2.75) is 13.5 Å². The second kappa shape index (κ2) is 7.11. The van der Waals surface area contributed by atoms with Gasteiger partial charge in [0.2, 0.25) is 0 Å². The fourth-order valence-corrected chi connectivity index (χ4v) is 2.06. The molecule has 0 unspecified atom stereocenters. The largest absolute Gasteiger partial charge is 0.332 e. The summed E-state index contributed by atoms with van der Waals surface area (Å²) in [5.74, 6) is 0. The Morgan fingerprint density at radius 3 is 2.68 bits per heavy atom. The van der Waals surface area contributed by atoms with Crippen LogP contribution in [0.25, 0.3) is 12.2 Å². The van der Waals surface area contributed by atoms with Crippen molar-refractivity contribution in [1.82, 2.24) is 9.55 Å². The molecule has 1 aromatic rings. The molecule has 0 saturated carbocycles. The number of aromatic amines is 1. The average Bonchev–Trinajstić information content (AvgIpc) is 2.39. The standard InChI is InChI=1S/C14H16N2OS2/c1-4-7-12-11(6-3)13(17)16(14(19)15-12)8-10(5-2)9-18/h4-7,9,18H,1-2,8H2,3H3,(H,15,19)/b10-9+,11-6+,12-7+. The van der Waals surface area contributed by atoms with Crippen LogP contribution in [0.15, 0.2) is 41.1 Å². The highest BCUT2D eigenvalue weighted by atomic mass is 32.1. The van der Waals surface area contributed by atoms with Crippen LogP contribution in [0, 0.1) is 4.77 Å². The smallest absolute Gasteiger partial charge is 0.262 e. The molecular formula is C14H16N2OS2. The lowest BCUT2D eigenvalue weighted by molar-refractivity contribution is 0.709. The summed E-state index contributed by atoms with van der Waals surface area (Å²) in [4.78, 5) is 15.4. The third-order valence-electron chi connectivity index (χ3n) is 2.59. The fraction of sp³-hybridized carbons (Fsp3) is 0.143. The van der Waals surface area contributed by atoms with Crippen LogP contribution < -0.4 is 16.1 Å².